The van der Waals surface area contributed by atoms with Crippen molar-refractivity contribution in [2.75, 3.05) is 19.7 Å². The fourth-order valence-corrected chi connectivity index (χ4v) is 10.9. The summed E-state index contributed by atoms with van der Waals surface area (Å²) in [5.74, 6) is 0.171. The van der Waals surface area contributed by atoms with Crippen LogP contribution in [-0.4, -0.2) is 56.6 Å². The number of hydrogen-bond donors (Lipinski definition) is 3. The van der Waals surface area contributed by atoms with Gasteiger partial charge < -0.3 is 4.98 Å². The van der Waals surface area contributed by atoms with Crippen LogP contribution < -0.4 is 29.0 Å². The van der Waals surface area contributed by atoms with Gasteiger partial charge >= 0.3 is 145 Å². The summed E-state index contributed by atoms with van der Waals surface area (Å²) in [6, 6.07) is 10.7. The Hall–Kier alpha value is -3.78. The Morgan fingerprint density at radius 1 is 0.955 bits per heavy atom. The van der Waals surface area contributed by atoms with Gasteiger partial charge in [0, 0.05) is 18.7 Å². The van der Waals surface area contributed by atoms with Crippen molar-refractivity contribution in [1.29, 1.82) is 0 Å². The SMILES string of the molecule is CCCn1c(=O)c2[nH]c(-c3ccc(OCC(=O)NCCNC(=O)Cc4cc[c]([Hg][O]C(C)=O)s4)cc3)nc2n(CCC)c1=O. The predicted octanol–water partition coefficient (Wildman–Crippen LogP) is 1.47. The molecule has 0 fully saturated rings. The number of imidazole rings is 1. The van der Waals surface area contributed by atoms with Crippen LogP contribution in [0.25, 0.3) is 22.6 Å². The van der Waals surface area contributed by atoms with Gasteiger partial charge in [-0.2, -0.15) is 0 Å². The van der Waals surface area contributed by atoms with Crippen molar-refractivity contribution in [3.05, 3.63) is 62.1 Å². The van der Waals surface area contributed by atoms with E-state index in [9.17, 15) is 24.0 Å². The molecule has 0 aliphatic rings. The Bertz CT molecular complexity index is 1740. The minimum absolute atomic E-state index is 0.155. The van der Waals surface area contributed by atoms with Gasteiger partial charge in [-0.3, -0.25) is 13.9 Å². The van der Waals surface area contributed by atoms with Crippen molar-refractivity contribution < 1.29 is 46.8 Å². The molecule has 0 aliphatic carbocycles. The number of benzene rings is 1. The van der Waals surface area contributed by atoms with Crippen LogP contribution in [0.5, 0.6) is 5.75 Å². The molecule has 13 nitrogen and oxygen atoms in total. The smallest absolute Gasteiger partial charge is 0.276 e. The summed E-state index contributed by atoms with van der Waals surface area (Å²) in [6.45, 7) is 6.37. The van der Waals surface area contributed by atoms with E-state index >= 15 is 0 Å². The molecule has 3 aromatic heterocycles. The average molecular weight is 811 g/mol. The van der Waals surface area contributed by atoms with Gasteiger partial charge in [-0.05, 0) is 37.1 Å². The van der Waals surface area contributed by atoms with Gasteiger partial charge in [0.1, 0.15) is 17.1 Å². The summed E-state index contributed by atoms with van der Waals surface area (Å²) < 4.78 is 14.6. The van der Waals surface area contributed by atoms with Crippen molar-refractivity contribution in [2.24, 2.45) is 0 Å². The average Bonchev–Trinajstić information content (AvgIpc) is 3.65. The normalized spacial score (nSPS) is 10.8. The number of aromatic amines is 1. The van der Waals surface area contributed by atoms with Crippen molar-refractivity contribution >= 4 is 42.7 Å². The number of thiophene rings is 1. The third-order valence-electron chi connectivity index (χ3n) is 6.49. The topological polar surface area (TPSA) is 166 Å². The number of rotatable bonds is 15. The molecule has 15 heteroatoms. The van der Waals surface area contributed by atoms with E-state index in [0.717, 1.165) is 13.7 Å². The molecule has 1 aromatic carbocycles. The molecule has 0 radical (unpaired) electrons. The van der Waals surface area contributed by atoms with Gasteiger partial charge in [0.05, 0.1) is 0 Å². The number of H-pyrrole nitrogens is 1. The first-order chi connectivity index (χ1) is 21.2. The number of nitrogens with zero attached hydrogens (tertiary/aromatic N) is 3. The molecule has 0 atom stereocenters. The minimum atomic E-state index is -1.88. The van der Waals surface area contributed by atoms with Crippen molar-refractivity contribution in [3.8, 4) is 17.1 Å². The van der Waals surface area contributed by atoms with Crippen LogP contribution in [0.3, 0.4) is 0 Å². The molecule has 0 aliphatic heterocycles. The number of carbonyl (C=O) groups excluding carboxylic acids is 3. The number of hydrogen-bond acceptors (Lipinski definition) is 9. The van der Waals surface area contributed by atoms with E-state index in [0.29, 0.717) is 42.3 Å². The second-order valence-corrected chi connectivity index (χ2v) is 18.5. The maximum Gasteiger partial charge on any atom is 0.332 e. The molecule has 0 saturated heterocycles. The molecule has 4 rings (SSSR count). The Kier molecular flexibility index (Phi) is 11.9. The van der Waals surface area contributed by atoms with Crippen LogP contribution in [0.4, 0.5) is 0 Å². The summed E-state index contributed by atoms with van der Waals surface area (Å²) in [7, 11) is 0. The van der Waals surface area contributed by atoms with E-state index < -0.39 is 25.0 Å². The van der Waals surface area contributed by atoms with Gasteiger partial charge in [0.25, 0.3) is 5.56 Å². The molecular formula is C29H34HgN6O7S. The third kappa shape index (κ3) is 8.65. The van der Waals surface area contributed by atoms with Crippen LogP contribution in [-0.2, 0) is 61.6 Å². The van der Waals surface area contributed by atoms with Crippen LogP contribution in [0.1, 0.15) is 38.5 Å². The van der Waals surface area contributed by atoms with Crippen LogP contribution in [0.2, 0.25) is 0 Å². The van der Waals surface area contributed by atoms with E-state index in [4.69, 9.17) is 7.38 Å². The van der Waals surface area contributed by atoms with Gasteiger partial charge in [-0.1, -0.05) is 13.8 Å². The van der Waals surface area contributed by atoms with Gasteiger partial charge in [0.2, 0.25) is 0 Å². The molecule has 2 amide bonds. The number of ether oxygens (including phenoxy) is 1. The molecule has 44 heavy (non-hydrogen) atoms. The first kappa shape index (κ1) is 33.1. The number of fused-ring (bicyclic) bond motifs is 1. The van der Waals surface area contributed by atoms with E-state index in [1.807, 2.05) is 26.0 Å². The van der Waals surface area contributed by atoms with Crippen molar-refractivity contribution in [2.45, 2.75) is 53.1 Å². The second-order valence-electron chi connectivity index (χ2n) is 10.0. The molecule has 0 unspecified atom stereocenters. The van der Waals surface area contributed by atoms with Crippen LogP contribution >= 0.6 is 11.3 Å². The quantitative estimate of drug-likeness (QED) is 0.120. The maximum atomic E-state index is 13.0. The summed E-state index contributed by atoms with van der Waals surface area (Å²) in [4.78, 5) is 69.8. The fourth-order valence-electron chi connectivity index (χ4n) is 4.45. The molecule has 0 spiro atoms. The van der Waals surface area contributed by atoms with Gasteiger partial charge in [0.15, 0.2) is 5.65 Å². The number of aryl methyl sites for hydroxylation is 1. The Balaban J connectivity index is 1.25. The Labute approximate surface area is 270 Å². The van der Waals surface area contributed by atoms with E-state index in [2.05, 4.69) is 20.6 Å². The monoisotopic (exact) mass is 812 g/mol. The van der Waals surface area contributed by atoms with Gasteiger partial charge in [-0.25, -0.2) is 9.78 Å². The number of nitrogens with one attached hydrogen (secondary N) is 3. The summed E-state index contributed by atoms with van der Waals surface area (Å²) in [5, 5.41) is 5.48. The maximum absolute atomic E-state index is 13.0. The molecule has 0 bridgehead atoms. The Morgan fingerprint density at radius 2 is 1.64 bits per heavy atom. The summed E-state index contributed by atoms with van der Waals surface area (Å²) >= 11 is -0.374. The van der Waals surface area contributed by atoms with Crippen molar-refractivity contribution in [1.82, 2.24) is 29.7 Å². The number of aromatic nitrogens is 4. The zero-order valence-electron chi connectivity index (χ0n) is 24.9. The summed E-state index contributed by atoms with van der Waals surface area (Å²) in [5.41, 5.74) is 0.560. The first-order valence-corrected chi connectivity index (χ1v) is 20.2. The molecule has 3 N–H and O–H groups in total. The van der Waals surface area contributed by atoms with Crippen molar-refractivity contribution in [3.63, 3.8) is 0 Å². The van der Waals surface area contributed by atoms with E-state index in [1.54, 1.807) is 24.3 Å². The predicted molar refractivity (Wildman–Crippen MR) is 162 cm³/mol. The largest absolute Gasteiger partial charge is 0.332 e. The zero-order valence-corrected chi connectivity index (χ0v) is 31.2. The standard InChI is InChI=1S/C27H31N6O5S.C2H4O2.Hg/c1-3-13-32-25-23(26(36)33(14-4-2)27(32)37)30-24(31-25)18-7-9-19(10-8-18)38-17-22(35)29-12-11-28-21(34)16-20-6-5-15-39-20;1-2(3)4;/h5-10H,3-4,11-14,16-17H2,1-2H3,(H,28,34)(H,29,35)(H,30,31);1H3,(H,3,4);/q;;+1/p-1. The first-order valence-electron chi connectivity index (χ1n) is 14.4. The number of amides is 2. The van der Waals surface area contributed by atoms with Gasteiger partial charge in [-0.15, -0.1) is 0 Å². The molecule has 3 heterocycles. The van der Waals surface area contributed by atoms with E-state index in [1.165, 1.54) is 27.4 Å². The minimum Gasteiger partial charge on any atom is -0.276 e. The molecule has 0 saturated carbocycles. The molecule has 4 aromatic rings. The van der Waals surface area contributed by atoms with Crippen LogP contribution in [0, 0.1) is 0 Å². The van der Waals surface area contributed by atoms with E-state index in [-0.39, 0.29) is 60.7 Å². The molecule has 230 valence electrons. The zero-order chi connectivity index (χ0) is 31.6. The molecular weight excluding hydrogens is 777 g/mol. The van der Waals surface area contributed by atoms with Crippen LogP contribution in [0.15, 0.2) is 46.0 Å². The Morgan fingerprint density at radius 3 is 2.32 bits per heavy atom. The summed E-state index contributed by atoms with van der Waals surface area (Å²) in [6.07, 6.45) is 1.61. The second kappa shape index (κ2) is 15.8. The fraction of sp³-hybridized carbons (Fsp3) is 0.379. The number of carbonyl (C=O) groups is 3. The third-order valence-corrected chi connectivity index (χ3v) is 14.3.